The van der Waals surface area contributed by atoms with Crippen LogP contribution in [0.15, 0.2) is 17.5 Å². The fraction of sp³-hybridized carbons (Fsp3) is 0.583. The highest BCUT2D eigenvalue weighted by atomic mass is 32.1. The number of carbonyl (C=O) groups is 1. The molecule has 15 heavy (non-hydrogen) atoms. The molecule has 0 bridgehead atoms. The van der Waals surface area contributed by atoms with Crippen LogP contribution in [-0.2, 0) is 11.2 Å². The maximum atomic E-state index is 11.8. The second kappa shape index (κ2) is 4.90. The van der Waals surface area contributed by atoms with E-state index >= 15 is 0 Å². The Bertz CT molecular complexity index is 320. The normalized spacial score (nSPS) is 25.7. The Labute approximate surface area is 94.5 Å². The lowest BCUT2D eigenvalue weighted by atomic mass is 9.98. The molecule has 2 atom stereocenters. The van der Waals surface area contributed by atoms with Crippen molar-refractivity contribution in [2.75, 3.05) is 0 Å². The molecule has 1 aliphatic rings. The van der Waals surface area contributed by atoms with Crippen molar-refractivity contribution in [3.05, 3.63) is 22.4 Å². The summed E-state index contributed by atoms with van der Waals surface area (Å²) in [5.41, 5.74) is 5.80. The molecule has 1 aromatic heterocycles. The molecule has 1 fully saturated rings. The molecule has 0 amide bonds. The summed E-state index contributed by atoms with van der Waals surface area (Å²) < 4.78 is 0. The molecule has 1 aromatic rings. The van der Waals surface area contributed by atoms with Crippen LogP contribution in [0, 0.1) is 5.92 Å². The predicted octanol–water partition coefficient (Wildman–Crippen LogP) is 2.38. The van der Waals surface area contributed by atoms with Gasteiger partial charge in [-0.25, -0.2) is 0 Å². The quantitative estimate of drug-likeness (QED) is 0.851. The number of nitrogens with two attached hydrogens (primary N) is 1. The van der Waals surface area contributed by atoms with Crippen molar-refractivity contribution >= 4 is 17.1 Å². The molecule has 2 unspecified atom stereocenters. The highest BCUT2D eigenvalue weighted by Gasteiger charge is 2.26. The summed E-state index contributed by atoms with van der Waals surface area (Å²) in [5.74, 6) is 0.663. The molecule has 1 saturated carbocycles. The van der Waals surface area contributed by atoms with E-state index in [1.807, 2.05) is 6.07 Å². The predicted molar refractivity (Wildman–Crippen MR) is 63.0 cm³/mol. The van der Waals surface area contributed by atoms with Gasteiger partial charge >= 0.3 is 0 Å². The Morgan fingerprint density at radius 3 is 3.00 bits per heavy atom. The Balaban J connectivity index is 1.78. The summed E-state index contributed by atoms with van der Waals surface area (Å²) in [5, 5.41) is 2.06. The average Bonchev–Trinajstić information content (AvgIpc) is 2.84. The van der Waals surface area contributed by atoms with Crippen LogP contribution in [0.4, 0.5) is 0 Å². The van der Waals surface area contributed by atoms with E-state index in [2.05, 4.69) is 11.4 Å². The molecule has 0 spiro atoms. The van der Waals surface area contributed by atoms with Gasteiger partial charge in [0.25, 0.3) is 0 Å². The summed E-state index contributed by atoms with van der Waals surface area (Å²) >= 11 is 1.73. The minimum atomic E-state index is 0.250. The molecule has 2 rings (SSSR count). The second-order valence-electron chi connectivity index (χ2n) is 4.32. The lowest BCUT2D eigenvalue weighted by Crippen LogP contribution is -2.18. The van der Waals surface area contributed by atoms with Gasteiger partial charge in [-0.3, -0.25) is 4.79 Å². The van der Waals surface area contributed by atoms with Crippen LogP contribution in [-0.4, -0.2) is 11.8 Å². The SMILES string of the molecule is NC1CCC(C(=O)CCc2cccs2)C1. The third-order valence-corrected chi connectivity index (χ3v) is 4.06. The van der Waals surface area contributed by atoms with E-state index in [0.717, 1.165) is 25.7 Å². The monoisotopic (exact) mass is 223 g/mol. The van der Waals surface area contributed by atoms with Gasteiger partial charge in [-0.1, -0.05) is 6.07 Å². The molecular weight excluding hydrogens is 206 g/mol. The standard InChI is InChI=1S/C12H17NOS/c13-10-4-3-9(8-10)12(14)6-5-11-2-1-7-15-11/h1-2,7,9-10H,3-6,8,13H2. The van der Waals surface area contributed by atoms with E-state index in [9.17, 15) is 4.79 Å². The van der Waals surface area contributed by atoms with Gasteiger partial charge in [0.1, 0.15) is 5.78 Å². The van der Waals surface area contributed by atoms with Gasteiger partial charge in [-0.15, -0.1) is 11.3 Å². The van der Waals surface area contributed by atoms with Gasteiger partial charge < -0.3 is 5.73 Å². The van der Waals surface area contributed by atoms with Crippen LogP contribution in [0.3, 0.4) is 0 Å². The summed E-state index contributed by atoms with van der Waals surface area (Å²) in [6.45, 7) is 0. The fourth-order valence-corrected chi connectivity index (χ4v) is 2.92. The van der Waals surface area contributed by atoms with Crippen molar-refractivity contribution in [1.29, 1.82) is 0 Å². The van der Waals surface area contributed by atoms with Gasteiger partial charge in [0.05, 0.1) is 0 Å². The van der Waals surface area contributed by atoms with E-state index in [1.54, 1.807) is 11.3 Å². The average molecular weight is 223 g/mol. The number of hydrogen-bond acceptors (Lipinski definition) is 3. The van der Waals surface area contributed by atoms with Crippen molar-refractivity contribution in [3.8, 4) is 0 Å². The third-order valence-electron chi connectivity index (χ3n) is 3.13. The number of aryl methyl sites for hydroxylation is 1. The summed E-state index contributed by atoms with van der Waals surface area (Å²) in [6.07, 6.45) is 4.53. The van der Waals surface area contributed by atoms with Gasteiger partial charge in [-0.2, -0.15) is 0 Å². The molecule has 0 aliphatic heterocycles. The number of carbonyl (C=O) groups excluding carboxylic acids is 1. The van der Waals surface area contributed by atoms with Gasteiger partial charge in [-0.05, 0) is 37.1 Å². The van der Waals surface area contributed by atoms with E-state index < -0.39 is 0 Å². The molecular formula is C12H17NOS. The Hall–Kier alpha value is -0.670. The first-order valence-electron chi connectivity index (χ1n) is 5.56. The second-order valence-corrected chi connectivity index (χ2v) is 5.35. The molecule has 0 radical (unpaired) electrons. The molecule has 2 N–H and O–H groups in total. The molecule has 2 nitrogen and oxygen atoms in total. The summed E-state index contributed by atoms with van der Waals surface area (Å²) in [6, 6.07) is 4.40. The van der Waals surface area contributed by atoms with Gasteiger partial charge in [0.2, 0.25) is 0 Å². The first-order valence-corrected chi connectivity index (χ1v) is 6.44. The molecule has 1 aliphatic carbocycles. The molecule has 0 aromatic carbocycles. The largest absolute Gasteiger partial charge is 0.328 e. The van der Waals surface area contributed by atoms with Crippen LogP contribution in [0.2, 0.25) is 0 Å². The Kier molecular flexibility index (Phi) is 3.54. The first-order chi connectivity index (χ1) is 7.25. The zero-order valence-electron chi connectivity index (χ0n) is 8.82. The number of Topliss-reactive ketones (excluding diaryl/α,β-unsaturated/α-hetero) is 1. The number of ketones is 1. The third kappa shape index (κ3) is 2.89. The van der Waals surface area contributed by atoms with E-state index in [-0.39, 0.29) is 12.0 Å². The minimum absolute atomic E-state index is 0.250. The van der Waals surface area contributed by atoms with Crippen LogP contribution in [0.5, 0.6) is 0 Å². The van der Waals surface area contributed by atoms with Crippen LogP contribution in [0.1, 0.15) is 30.6 Å². The maximum Gasteiger partial charge on any atom is 0.136 e. The highest BCUT2D eigenvalue weighted by molar-refractivity contribution is 7.09. The van der Waals surface area contributed by atoms with E-state index in [4.69, 9.17) is 5.73 Å². The molecule has 0 saturated heterocycles. The molecule has 1 heterocycles. The fourth-order valence-electron chi connectivity index (χ4n) is 2.21. The van der Waals surface area contributed by atoms with Crippen LogP contribution < -0.4 is 5.73 Å². The Morgan fingerprint density at radius 2 is 2.40 bits per heavy atom. The van der Waals surface area contributed by atoms with Crippen LogP contribution >= 0.6 is 11.3 Å². The lowest BCUT2D eigenvalue weighted by molar-refractivity contribution is -0.122. The summed E-state index contributed by atoms with van der Waals surface area (Å²) in [7, 11) is 0. The van der Waals surface area contributed by atoms with Crippen molar-refractivity contribution in [1.82, 2.24) is 0 Å². The maximum absolute atomic E-state index is 11.8. The van der Waals surface area contributed by atoms with Crippen molar-refractivity contribution < 1.29 is 4.79 Å². The smallest absolute Gasteiger partial charge is 0.136 e. The first kappa shape index (κ1) is 10.8. The van der Waals surface area contributed by atoms with Crippen molar-refractivity contribution in [2.24, 2.45) is 11.7 Å². The number of thiophene rings is 1. The Morgan fingerprint density at radius 1 is 1.53 bits per heavy atom. The van der Waals surface area contributed by atoms with E-state index in [1.165, 1.54) is 4.88 Å². The molecule has 3 heteroatoms. The van der Waals surface area contributed by atoms with Gasteiger partial charge in [0.15, 0.2) is 0 Å². The highest BCUT2D eigenvalue weighted by Crippen LogP contribution is 2.26. The number of rotatable bonds is 4. The summed E-state index contributed by atoms with van der Waals surface area (Å²) in [4.78, 5) is 13.1. The van der Waals surface area contributed by atoms with E-state index in [0.29, 0.717) is 12.2 Å². The topological polar surface area (TPSA) is 43.1 Å². The van der Waals surface area contributed by atoms with Gasteiger partial charge in [0, 0.05) is 23.3 Å². The zero-order chi connectivity index (χ0) is 10.7. The minimum Gasteiger partial charge on any atom is -0.328 e. The zero-order valence-corrected chi connectivity index (χ0v) is 9.63. The molecule has 82 valence electrons. The van der Waals surface area contributed by atoms with Crippen molar-refractivity contribution in [3.63, 3.8) is 0 Å². The van der Waals surface area contributed by atoms with Crippen LogP contribution in [0.25, 0.3) is 0 Å². The van der Waals surface area contributed by atoms with Crippen molar-refractivity contribution in [2.45, 2.75) is 38.1 Å². The lowest BCUT2D eigenvalue weighted by Gasteiger charge is -2.07. The number of hydrogen-bond donors (Lipinski definition) is 1.